The molecule has 4 nitrogen and oxygen atoms in total. The zero-order valence-electron chi connectivity index (χ0n) is 8.45. The summed E-state index contributed by atoms with van der Waals surface area (Å²) in [6, 6.07) is 1.95. The number of hydrogen-bond acceptors (Lipinski definition) is 5. The number of hydrogen-bond donors (Lipinski definition) is 2. The van der Waals surface area contributed by atoms with Gasteiger partial charge in [-0.1, -0.05) is 0 Å². The number of thioether (sulfide) groups is 1. The first-order valence-corrected chi connectivity index (χ1v) is 5.52. The van der Waals surface area contributed by atoms with Crippen LogP contribution in [0.15, 0.2) is 11.1 Å². The molecule has 0 atom stereocenters. The molecule has 5 heteroatoms. The van der Waals surface area contributed by atoms with Crippen molar-refractivity contribution in [1.29, 1.82) is 0 Å². The van der Waals surface area contributed by atoms with Gasteiger partial charge in [0.25, 0.3) is 0 Å². The van der Waals surface area contributed by atoms with Gasteiger partial charge in [0.2, 0.25) is 5.95 Å². The highest BCUT2D eigenvalue weighted by Gasteiger charge is 2.00. The second kappa shape index (κ2) is 5.82. The number of aryl methyl sites for hydroxylation is 1. The first-order chi connectivity index (χ1) is 6.76. The van der Waals surface area contributed by atoms with Crippen LogP contribution in [0.1, 0.15) is 12.1 Å². The molecule has 0 saturated heterocycles. The number of nitrogens with one attached hydrogen (secondary N) is 1. The minimum absolute atomic E-state index is 0.232. The van der Waals surface area contributed by atoms with Crippen LogP contribution in [0.4, 0.5) is 5.95 Å². The van der Waals surface area contributed by atoms with Crippen molar-refractivity contribution in [3.63, 3.8) is 0 Å². The average molecular weight is 213 g/mol. The van der Waals surface area contributed by atoms with Crippen molar-refractivity contribution in [1.82, 2.24) is 9.97 Å². The summed E-state index contributed by atoms with van der Waals surface area (Å²) in [4.78, 5) is 8.48. The minimum Gasteiger partial charge on any atom is -0.396 e. The van der Waals surface area contributed by atoms with Crippen LogP contribution in [0.25, 0.3) is 0 Å². The molecule has 0 aromatic carbocycles. The third-order valence-electron chi connectivity index (χ3n) is 1.61. The van der Waals surface area contributed by atoms with E-state index in [0.717, 1.165) is 22.9 Å². The van der Waals surface area contributed by atoms with Crippen molar-refractivity contribution < 1.29 is 5.11 Å². The lowest BCUT2D eigenvalue weighted by molar-refractivity contribution is 0.296. The highest BCUT2D eigenvalue weighted by atomic mass is 32.2. The van der Waals surface area contributed by atoms with E-state index in [1.165, 1.54) is 0 Å². The fourth-order valence-corrected chi connectivity index (χ4v) is 1.85. The lowest BCUT2D eigenvalue weighted by Gasteiger charge is -2.04. The molecule has 1 aromatic rings. The summed E-state index contributed by atoms with van der Waals surface area (Å²) in [7, 11) is 1.80. The number of rotatable bonds is 5. The Bertz CT molecular complexity index is 293. The van der Waals surface area contributed by atoms with Gasteiger partial charge in [0.1, 0.15) is 5.03 Å². The van der Waals surface area contributed by atoms with E-state index in [2.05, 4.69) is 15.3 Å². The lowest BCUT2D eigenvalue weighted by Crippen LogP contribution is -1.99. The Morgan fingerprint density at radius 3 is 2.93 bits per heavy atom. The first-order valence-electron chi connectivity index (χ1n) is 4.53. The molecule has 14 heavy (non-hydrogen) atoms. The smallest absolute Gasteiger partial charge is 0.223 e. The average Bonchev–Trinajstić information content (AvgIpc) is 2.17. The van der Waals surface area contributed by atoms with E-state index < -0.39 is 0 Å². The van der Waals surface area contributed by atoms with Gasteiger partial charge in [0.05, 0.1) is 0 Å². The van der Waals surface area contributed by atoms with Gasteiger partial charge < -0.3 is 10.4 Å². The second-order valence-corrected chi connectivity index (χ2v) is 3.96. The molecule has 2 N–H and O–H groups in total. The van der Waals surface area contributed by atoms with E-state index in [0.29, 0.717) is 5.95 Å². The first kappa shape index (κ1) is 11.3. The Kier molecular flexibility index (Phi) is 4.69. The van der Waals surface area contributed by atoms with Crippen LogP contribution in [0.3, 0.4) is 0 Å². The van der Waals surface area contributed by atoms with Crippen molar-refractivity contribution in [2.24, 2.45) is 0 Å². The summed E-state index contributed by atoms with van der Waals surface area (Å²) in [5.74, 6) is 1.53. The molecule has 0 amide bonds. The van der Waals surface area contributed by atoms with Crippen LogP contribution < -0.4 is 5.32 Å². The van der Waals surface area contributed by atoms with Crippen molar-refractivity contribution in [3.8, 4) is 0 Å². The minimum atomic E-state index is 0.232. The molecular weight excluding hydrogens is 198 g/mol. The predicted octanol–water partition coefficient (Wildman–Crippen LogP) is 1.30. The monoisotopic (exact) mass is 213 g/mol. The van der Waals surface area contributed by atoms with Crippen molar-refractivity contribution in [2.45, 2.75) is 18.4 Å². The van der Waals surface area contributed by atoms with Crippen molar-refractivity contribution in [2.75, 3.05) is 24.7 Å². The van der Waals surface area contributed by atoms with Crippen LogP contribution >= 0.6 is 11.8 Å². The van der Waals surface area contributed by atoms with Crippen LogP contribution in [0, 0.1) is 6.92 Å². The highest BCUT2D eigenvalue weighted by Crippen LogP contribution is 2.18. The van der Waals surface area contributed by atoms with Gasteiger partial charge in [0.15, 0.2) is 0 Å². The Hall–Kier alpha value is -0.810. The number of nitrogens with zero attached hydrogens (tertiary/aromatic N) is 2. The molecule has 0 unspecified atom stereocenters. The summed E-state index contributed by atoms with van der Waals surface area (Å²) in [5.41, 5.74) is 0.954. The molecule has 0 aliphatic carbocycles. The zero-order valence-corrected chi connectivity index (χ0v) is 9.27. The van der Waals surface area contributed by atoms with Gasteiger partial charge in [-0.2, -0.15) is 0 Å². The zero-order chi connectivity index (χ0) is 10.4. The Labute approximate surface area is 88.2 Å². The maximum absolute atomic E-state index is 8.64. The van der Waals surface area contributed by atoms with Crippen LogP contribution in [-0.4, -0.2) is 34.5 Å². The van der Waals surface area contributed by atoms with Crippen LogP contribution in [0.2, 0.25) is 0 Å². The van der Waals surface area contributed by atoms with Gasteiger partial charge in [-0.05, 0) is 19.4 Å². The number of aromatic nitrogens is 2. The lowest BCUT2D eigenvalue weighted by atomic mass is 10.5. The molecule has 0 bridgehead atoms. The molecule has 0 spiro atoms. The highest BCUT2D eigenvalue weighted by molar-refractivity contribution is 7.99. The molecule has 1 heterocycles. The molecule has 0 fully saturated rings. The van der Waals surface area contributed by atoms with Crippen molar-refractivity contribution >= 4 is 17.7 Å². The fraction of sp³-hybridized carbons (Fsp3) is 0.556. The fourth-order valence-electron chi connectivity index (χ4n) is 0.967. The summed E-state index contributed by atoms with van der Waals surface area (Å²) < 4.78 is 0. The summed E-state index contributed by atoms with van der Waals surface area (Å²) in [6.07, 6.45) is 0.794. The third kappa shape index (κ3) is 3.51. The van der Waals surface area contributed by atoms with E-state index in [1.807, 2.05) is 13.0 Å². The van der Waals surface area contributed by atoms with Gasteiger partial charge >= 0.3 is 0 Å². The Morgan fingerprint density at radius 1 is 1.50 bits per heavy atom. The molecule has 0 aliphatic rings. The summed E-state index contributed by atoms with van der Waals surface area (Å²) >= 11 is 1.64. The number of anilines is 1. The second-order valence-electron chi connectivity index (χ2n) is 2.85. The molecule has 0 radical (unpaired) electrons. The maximum atomic E-state index is 8.64. The van der Waals surface area contributed by atoms with Gasteiger partial charge in [-0.15, -0.1) is 11.8 Å². The Morgan fingerprint density at radius 2 is 2.29 bits per heavy atom. The standard InChI is InChI=1S/C9H15N3OS/c1-7-6-8(14-5-3-4-13)12-9(10-2)11-7/h6,13H,3-5H2,1-2H3,(H,10,11,12). The van der Waals surface area contributed by atoms with Gasteiger partial charge in [-0.25, -0.2) is 9.97 Å². The largest absolute Gasteiger partial charge is 0.396 e. The van der Waals surface area contributed by atoms with Crippen LogP contribution in [0.5, 0.6) is 0 Å². The topological polar surface area (TPSA) is 58.0 Å². The normalized spacial score (nSPS) is 10.2. The molecule has 78 valence electrons. The summed E-state index contributed by atoms with van der Waals surface area (Å²) in [5, 5.41) is 12.5. The van der Waals surface area contributed by atoms with E-state index >= 15 is 0 Å². The van der Waals surface area contributed by atoms with Crippen molar-refractivity contribution in [3.05, 3.63) is 11.8 Å². The molecule has 0 aliphatic heterocycles. The van der Waals surface area contributed by atoms with Gasteiger partial charge in [0, 0.05) is 25.1 Å². The van der Waals surface area contributed by atoms with Gasteiger partial charge in [-0.3, -0.25) is 0 Å². The maximum Gasteiger partial charge on any atom is 0.223 e. The molecule has 1 rings (SSSR count). The third-order valence-corrected chi connectivity index (χ3v) is 2.60. The quantitative estimate of drug-likeness (QED) is 0.438. The molecular formula is C9H15N3OS. The number of aliphatic hydroxyl groups excluding tert-OH is 1. The number of aliphatic hydroxyl groups is 1. The van der Waals surface area contributed by atoms with E-state index in [4.69, 9.17) is 5.11 Å². The predicted molar refractivity (Wildman–Crippen MR) is 58.7 cm³/mol. The van der Waals surface area contributed by atoms with E-state index in [-0.39, 0.29) is 6.61 Å². The van der Waals surface area contributed by atoms with Crippen LogP contribution in [-0.2, 0) is 0 Å². The summed E-state index contributed by atoms with van der Waals surface area (Å²) in [6.45, 7) is 2.18. The molecule has 0 saturated carbocycles. The molecule has 1 aromatic heterocycles. The SMILES string of the molecule is CNc1nc(C)cc(SCCCO)n1. The van der Waals surface area contributed by atoms with E-state index in [1.54, 1.807) is 18.8 Å². The Balaban J connectivity index is 2.62. The van der Waals surface area contributed by atoms with E-state index in [9.17, 15) is 0 Å².